The molecule has 1 aliphatic rings. The van der Waals surface area contributed by atoms with Gasteiger partial charge in [-0.05, 0) is 56.4 Å². The van der Waals surface area contributed by atoms with Crippen LogP contribution in [0.5, 0.6) is 5.75 Å². The lowest BCUT2D eigenvalue weighted by molar-refractivity contribution is 0.103. The van der Waals surface area contributed by atoms with Crippen molar-refractivity contribution in [3.63, 3.8) is 0 Å². The number of benzene rings is 1. The number of aryl methyl sites for hydroxylation is 2. The molecule has 3 nitrogen and oxygen atoms in total. The van der Waals surface area contributed by atoms with Crippen LogP contribution in [-0.2, 0) is 12.8 Å². The molecule has 0 bridgehead atoms. The first-order valence-electron chi connectivity index (χ1n) is 7.36. The second-order valence-electron chi connectivity index (χ2n) is 5.52. The molecule has 4 heteroatoms. The van der Waals surface area contributed by atoms with Crippen LogP contribution in [0.3, 0.4) is 0 Å². The van der Waals surface area contributed by atoms with Gasteiger partial charge in [0.2, 0.25) is 0 Å². The van der Waals surface area contributed by atoms with Crippen molar-refractivity contribution in [2.24, 2.45) is 0 Å². The van der Waals surface area contributed by atoms with Crippen LogP contribution in [0.25, 0.3) is 0 Å². The normalized spacial score (nSPS) is 14.3. The van der Waals surface area contributed by atoms with Crippen LogP contribution in [0.15, 0.2) is 24.3 Å². The number of amides is 1. The Hall–Kier alpha value is -1.81. The molecular formula is C17H19NO2S. The molecule has 0 aliphatic heterocycles. The van der Waals surface area contributed by atoms with Crippen LogP contribution in [0, 0.1) is 6.92 Å². The molecule has 0 atom stereocenters. The van der Waals surface area contributed by atoms with Crippen LogP contribution in [0.4, 0.5) is 5.69 Å². The summed E-state index contributed by atoms with van der Waals surface area (Å²) < 4.78 is 0. The summed E-state index contributed by atoms with van der Waals surface area (Å²) in [6, 6.07) is 7.21. The number of hydrogen-bond acceptors (Lipinski definition) is 3. The average Bonchev–Trinajstić information content (AvgIpc) is 2.75. The van der Waals surface area contributed by atoms with Crippen LogP contribution in [0.1, 0.15) is 44.9 Å². The number of nitrogens with one attached hydrogen (secondary N) is 1. The fourth-order valence-electron chi connectivity index (χ4n) is 2.72. The molecule has 0 unspecified atom stereocenters. The van der Waals surface area contributed by atoms with Crippen molar-refractivity contribution >= 4 is 22.9 Å². The SMILES string of the molecule is Cc1c(O)cccc1NC(=O)c1cc2c(s1)CCCCC2. The highest BCUT2D eigenvalue weighted by molar-refractivity contribution is 7.14. The molecule has 1 aliphatic carbocycles. The van der Waals surface area contributed by atoms with E-state index in [2.05, 4.69) is 5.32 Å². The zero-order valence-corrected chi connectivity index (χ0v) is 12.9. The van der Waals surface area contributed by atoms with Gasteiger partial charge in [-0.3, -0.25) is 4.79 Å². The molecule has 1 heterocycles. The molecule has 0 spiro atoms. The monoisotopic (exact) mass is 301 g/mol. The minimum atomic E-state index is -0.0817. The van der Waals surface area contributed by atoms with E-state index in [9.17, 15) is 9.90 Å². The Morgan fingerprint density at radius 2 is 2.05 bits per heavy atom. The predicted molar refractivity (Wildman–Crippen MR) is 86.4 cm³/mol. The summed E-state index contributed by atoms with van der Waals surface area (Å²) in [5, 5.41) is 12.6. The Kier molecular flexibility index (Phi) is 3.97. The van der Waals surface area contributed by atoms with Crippen molar-refractivity contribution in [1.82, 2.24) is 0 Å². The van der Waals surface area contributed by atoms with E-state index in [1.165, 1.54) is 29.7 Å². The van der Waals surface area contributed by atoms with E-state index < -0.39 is 0 Å². The lowest BCUT2D eigenvalue weighted by atomic mass is 10.1. The van der Waals surface area contributed by atoms with Crippen molar-refractivity contribution in [2.75, 3.05) is 5.32 Å². The van der Waals surface area contributed by atoms with Gasteiger partial charge in [0.15, 0.2) is 0 Å². The third-order valence-electron chi connectivity index (χ3n) is 4.02. The van der Waals surface area contributed by atoms with E-state index in [1.54, 1.807) is 30.4 Å². The van der Waals surface area contributed by atoms with E-state index in [1.807, 2.05) is 12.1 Å². The third-order valence-corrected chi connectivity index (χ3v) is 5.26. The maximum atomic E-state index is 12.4. The van der Waals surface area contributed by atoms with Crippen LogP contribution >= 0.6 is 11.3 Å². The zero-order chi connectivity index (χ0) is 14.8. The first-order chi connectivity index (χ1) is 10.1. The number of thiophene rings is 1. The van der Waals surface area contributed by atoms with Crippen LogP contribution in [-0.4, -0.2) is 11.0 Å². The number of anilines is 1. The maximum absolute atomic E-state index is 12.4. The standard InChI is InChI=1S/C17H19NO2S/c1-11-13(7-5-8-14(11)19)18-17(20)16-10-12-6-3-2-4-9-15(12)21-16/h5,7-8,10,19H,2-4,6,9H2,1H3,(H,18,20). The smallest absolute Gasteiger partial charge is 0.265 e. The maximum Gasteiger partial charge on any atom is 0.265 e. The first-order valence-corrected chi connectivity index (χ1v) is 8.18. The van der Waals surface area contributed by atoms with Gasteiger partial charge in [-0.15, -0.1) is 11.3 Å². The predicted octanol–water partition coefficient (Wildman–Crippen LogP) is 4.28. The number of fused-ring (bicyclic) bond motifs is 1. The van der Waals surface area contributed by atoms with E-state index in [-0.39, 0.29) is 11.7 Å². The molecule has 0 radical (unpaired) electrons. The number of carbonyl (C=O) groups is 1. The van der Waals surface area contributed by atoms with E-state index in [4.69, 9.17) is 0 Å². The highest BCUT2D eigenvalue weighted by Gasteiger charge is 2.17. The second-order valence-corrected chi connectivity index (χ2v) is 6.66. The van der Waals surface area contributed by atoms with Gasteiger partial charge in [0.1, 0.15) is 5.75 Å². The molecule has 0 saturated carbocycles. The molecule has 0 saturated heterocycles. The van der Waals surface area contributed by atoms with Gasteiger partial charge in [0, 0.05) is 16.1 Å². The Morgan fingerprint density at radius 1 is 1.24 bits per heavy atom. The molecule has 21 heavy (non-hydrogen) atoms. The number of phenols is 1. The van der Waals surface area contributed by atoms with E-state index >= 15 is 0 Å². The van der Waals surface area contributed by atoms with Gasteiger partial charge in [0.05, 0.1) is 4.88 Å². The Balaban J connectivity index is 1.81. The fraction of sp³-hybridized carbons (Fsp3) is 0.353. The summed E-state index contributed by atoms with van der Waals surface area (Å²) in [4.78, 5) is 14.5. The lowest BCUT2D eigenvalue weighted by Crippen LogP contribution is -2.11. The van der Waals surface area contributed by atoms with E-state index in [0.717, 1.165) is 17.7 Å². The topological polar surface area (TPSA) is 49.3 Å². The highest BCUT2D eigenvalue weighted by Crippen LogP contribution is 2.30. The van der Waals surface area contributed by atoms with Crippen LogP contribution in [0.2, 0.25) is 0 Å². The molecule has 1 aromatic carbocycles. The molecular weight excluding hydrogens is 282 g/mol. The zero-order valence-electron chi connectivity index (χ0n) is 12.1. The summed E-state index contributed by atoms with van der Waals surface area (Å²) >= 11 is 1.61. The first kappa shape index (κ1) is 14.1. The summed E-state index contributed by atoms with van der Waals surface area (Å²) in [5.41, 5.74) is 2.71. The van der Waals surface area contributed by atoms with Gasteiger partial charge >= 0.3 is 0 Å². The van der Waals surface area contributed by atoms with Gasteiger partial charge in [-0.1, -0.05) is 12.5 Å². The summed E-state index contributed by atoms with van der Waals surface area (Å²) in [6.07, 6.45) is 5.91. The number of aromatic hydroxyl groups is 1. The molecule has 1 amide bonds. The average molecular weight is 301 g/mol. The largest absolute Gasteiger partial charge is 0.508 e. The van der Waals surface area contributed by atoms with Crippen molar-refractivity contribution in [3.8, 4) is 5.75 Å². The second kappa shape index (κ2) is 5.90. The van der Waals surface area contributed by atoms with Crippen LogP contribution < -0.4 is 5.32 Å². The molecule has 2 N–H and O–H groups in total. The minimum Gasteiger partial charge on any atom is -0.508 e. The Morgan fingerprint density at radius 3 is 2.90 bits per heavy atom. The molecule has 110 valence electrons. The third kappa shape index (κ3) is 2.95. The molecule has 1 aromatic heterocycles. The molecule has 2 aromatic rings. The van der Waals surface area contributed by atoms with Gasteiger partial charge in [0.25, 0.3) is 5.91 Å². The Bertz CT molecular complexity index is 652. The van der Waals surface area contributed by atoms with Crippen molar-refractivity contribution in [3.05, 3.63) is 45.1 Å². The number of phenolic OH excluding ortho intramolecular Hbond substituents is 1. The number of carbonyl (C=O) groups excluding carboxylic acids is 1. The highest BCUT2D eigenvalue weighted by atomic mass is 32.1. The fourth-order valence-corrected chi connectivity index (χ4v) is 3.87. The lowest BCUT2D eigenvalue weighted by Gasteiger charge is -2.08. The number of hydrogen-bond donors (Lipinski definition) is 2. The minimum absolute atomic E-state index is 0.0817. The van der Waals surface area contributed by atoms with Crippen molar-refractivity contribution < 1.29 is 9.90 Å². The summed E-state index contributed by atoms with van der Waals surface area (Å²) in [6.45, 7) is 1.80. The van der Waals surface area contributed by atoms with Crippen molar-refractivity contribution in [2.45, 2.75) is 39.0 Å². The quantitative estimate of drug-likeness (QED) is 0.813. The van der Waals surface area contributed by atoms with Gasteiger partial charge in [-0.2, -0.15) is 0 Å². The summed E-state index contributed by atoms with van der Waals surface area (Å²) in [5.74, 6) is 0.122. The number of rotatable bonds is 2. The summed E-state index contributed by atoms with van der Waals surface area (Å²) in [7, 11) is 0. The Labute approximate surface area is 128 Å². The van der Waals surface area contributed by atoms with Crippen molar-refractivity contribution in [1.29, 1.82) is 0 Å². The van der Waals surface area contributed by atoms with Gasteiger partial charge < -0.3 is 10.4 Å². The van der Waals surface area contributed by atoms with Gasteiger partial charge in [-0.25, -0.2) is 0 Å². The van der Waals surface area contributed by atoms with E-state index in [0.29, 0.717) is 11.3 Å². The molecule has 0 fully saturated rings. The molecule has 3 rings (SSSR count).